The number of carbonyl (C=O) groups is 1. The van der Waals surface area contributed by atoms with Crippen LogP contribution in [0.1, 0.15) is 30.5 Å². The number of nitrogens with one attached hydrogen (secondary N) is 1. The van der Waals surface area contributed by atoms with Gasteiger partial charge in [-0.2, -0.15) is 0 Å². The first-order chi connectivity index (χ1) is 10.5. The molecular formula is C16H26N2O4. The van der Waals surface area contributed by atoms with Crippen molar-refractivity contribution in [3.8, 4) is 11.5 Å². The van der Waals surface area contributed by atoms with E-state index in [4.69, 9.17) is 19.9 Å². The minimum absolute atomic E-state index is 0.0982. The molecule has 22 heavy (non-hydrogen) atoms. The van der Waals surface area contributed by atoms with Crippen molar-refractivity contribution in [3.63, 3.8) is 0 Å². The van der Waals surface area contributed by atoms with Crippen LogP contribution in [0, 0.1) is 6.92 Å². The molecule has 1 amide bonds. The average molecular weight is 310 g/mol. The Morgan fingerprint density at radius 1 is 1.23 bits per heavy atom. The molecule has 0 heterocycles. The van der Waals surface area contributed by atoms with E-state index in [2.05, 4.69) is 5.32 Å². The number of methoxy groups -OCH3 is 3. The summed E-state index contributed by atoms with van der Waals surface area (Å²) in [5.41, 5.74) is 7.53. The summed E-state index contributed by atoms with van der Waals surface area (Å²) in [7, 11) is 4.73. The van der Waals surface area contributed by atoms with Crippen molar-refractivity contribution in [2.75, 3.05) is 27.9 Å². The monoisotopic (exact) mass is 310 g/mol. The second-order valence-electron chi connectivity index (χ2n) is 5.15. The molecule has 0 aliphatic rings. The number of hydrogen-bond acceptors (Lipinski definition) is 5. The molecule has 124 valence electrons. The van der Waals surface area contributed by atoms with Crippen molar-refractivity contribution in [2.45, 2.75) is 32.4 Å². The van der Waals surface area contributed by atoms with Crippen LogP contribution in [0.3, 0.4) is 0 Å². The molecule has 6 heteroatoms. The lowest BCUT2D eigenvalue weighted by Crippen LogP contribution is -2.33. The van der Waals surface area contributed by atoms with Crippen LogP contribution in [-0.2, 0) is 9.53 Å². The zero-order valence-electron chi connectivity index (χ0n) is 13.9. The fourth-order valence-electron chi connectivity index (χ4n) is 2.31. The van der Waals surface area contributed by atoms with Gasteiger partial charge in [0.05, 0.1) is 32.8 Å². The quantitative estimate of drug-likeness (QED) is 0.761. The molecule has 1 rings (SSSR count). The lowest BCUT2D eigenvalue weighted by molar-refractivity contribution is -0.124. The minimum Gasteiger partial charge on any atom is -0.493 e. The summed E-state index contributed by atoms with van der Waals surface area (Å²) in [6, 6.07) is 3.63. The van der Waals surface area contributed by atoms with Crippen molar-refractivity contribution < 1.29 is 19.0 Å². The average Bonchev–Trinajstić information content (AvgIpc) is 2.51. The van der Waals surface area contributed by atoms with Gasteiger partial charge >= 0.3 is 0 Å². The van der Waals surface area contributed by atoms with Gasteiger partial charge in [-0.1, -0.05) is 0 Å². The predicted molar refractivity (Wildman–Crippen MR) is 85.3 cm³/mol. The SMILES string of the molecule is COc1cc(C)c(C(C)NC(=O)CC(CN)OC)cc1OC. The number of ether oxygens (including phenoxy) is 3. The van der Waals surface area contributed by atoms with Crippen molar-refractivity contribution in [1.82, 2.24) is 5.32 Å². The van der Waals surface area contributed by atoms with Crippen molar-refractivity contribution in [1.29, 1.82) is 0 Å². The number of benzene rings is 1. The summed E-state index contributed by atoms with van der Waals surface area (Å²) in [5.74, 6) is 1.21. The number of amides is 1. The summed E-state index contributed by atoms with van der Waals surface area (Å²) < 4.78 is 15.7. The van der Waals surface area contributed by atoms with Gasteiger partial charge in [0, 0.05) is 13.7 Å². The standard InChI is InChI=1S/C16H26N2O4/c1-10-6-14(21-4)15(22-5)8-13(10)11(2)18-16(19)7-12(9-17)20-3/h6,8,11-12H,7,9,17H2,1-5H3,(H,18,19). The van der Waals surface area contributed by atoms with E-state index in [9.17, 15) is 4.79 Å². The Morgan fingerprint density at radius 3 is 2.32 bits per heavy atom. The van der Waals surface area contributed by atoms with Gasteiger partial charge in [-0.25, -0.2) is 0 Å². The van der Waals surface area contributed by atoms with Crippen LogP contribution in [0.4, 0.5) is 0 Å². The lowest BCUT2D eigenvalue weighted by Gasteiger charge is -2.20. The Bertz CT molecular complexity index is 501. The number of carbonyl (C=O) groups excluding carboxylic acids is 1. The predicted octanol–water partition coefficient (Wildman–Crippen LogP) is 1.55. The molecule has 0 saturated carbocycles. The summed E-state index contributed by atoms with van der Waals surface area (Å²) >= 11 is 0. The second kappa shape index (κ2) is 8.60. The summed E-state index contributed by atoms with van der Waals surface area (Å²) in [4.78, 5) is 12.0. The van der Waals surface area contributed by atoms with Gasteiger partial charge in [0.2, 0.25) is 5.91 Å². The third-order valence-corrected chi connectivity index (χ3v) is 3.63. The molecule has 0 spiro atoms. The van der Waals surface area contributed by atoms with E-state index in [1.807, 2.05) is 26.0 Å². The van der Waals surface area contributed by atoms with Gasteiger partial charge in [0.1, 0.15) is 0 Å². The highest BCUT2D eigenvalue weighted by Gasteiger charge is 2.17. The molecule has 3 N–H and O–H groups in total. The molecule has 0 aromatic heterocycles. The zero-order chi connectivity index (χ0) is 16.7. The highest BCUT2D eigenvalue weighted by Crippen LogP contribution is 2.32. The minimum atomic E-state index is -0.265. The highest BCUT2D eigenvalue weighted by molar-refractivity contribution is 5.77. The lowest BCUT2D eigenvalue weighted by atomic mass is 10.0. The molecule has 0 bridgehead atoms. The first-order valence-electron chi connectivity index (χ1n) is 7.21. The Balaban J connectivity index is 2.85. The fourth-order valence-corrected chi connectivity index (χ4v) is 2.31. The number of rotatable bonds is 8. The highest BCUT2D eigenvalue weighted by atomic mass is 16.5. The first-order valence-corrected chi connectivity index (χ1v) is 7.21. The van der Waals surface area contributed by atoms with Crippen LogP contribution in [0.5, 0.6) is 11.5 Å². The van der Waals surface area contributed by atoms with Gasteiger partial charge in [-0.3, -0.25) is 4.79 Å². The maximum absolute atomic E-state index is 12.0. The molecule has 1 aromatic rings. The molecule has 0 fully saturated rings. The van der Waals surface area contributed by atoms with Crippen molar-refractivity contribution in [2.24, 2.45) is 5.73 Å². The van der Waals surface area contributed by atoms with E-state index in [1.54, 1.807) is 21.3 Å². The first kappa shape index (κ1) is 18.3. The molecule has 0 radical (unpaired) electrons. The van der Waals surface area contributed by atoms with Gasteiger partial charge < -0.3 is 25.3 Å². The maximum Gasteiger partial charge on any atom is 0.223 e. The van der Waals surface area contributed by atoms with Crippen LogP contribution in [0.2, 0.25) is 0 Å². The van der Waals surface area contributed by atoms with Gasteiger partial charge in [0.15, 0.2) is 11.5 Å². The van der Waals surface area contributed by atoms with Crippen molar-refractivity contribution in [3.05, 3.63) is 23.3 Å². The Kier molecular flexibility index (Phi) is 7.14. The molecule has 0 aliphatic carbocycles. The molecule has 0 aliphatic heterocycles. The van der Waals surface area contributed by atoms with E-state index in [-0.39, 0.29) is 24.5 Å². The topological polar surface area (TPSA) is 82.8 Å². The molecule has 2 unspecified atom stereocenters. The molecule has 2 atom stereocenters. The molecule has 1 aromatic carbocycles. The largest absolute Gasteiger partial charge is 0.493 e. The molecule has 0 saturated heterocycles. The summed E-state index contributed by atoms with van der Waals surface area (Å²) in [6.07, 6.45) is -0.0253. The van der Waals surface area contributed by atoms with Crippen LogP contribution < -0.4 is 20.5 Å². The van der Waals surface area contributed by atoms with E-state index in [0.29, 0.717) is 18.0 Å². The molecular weight excluding hydrogens is 284 g/mol. The number of hydrogen-bond donors (Lipinski definition) is 2. The Hall–Kier alpha value is -1.79. The Morgan fingerprint density at radius 2 is 1.82 bits per heavy atom. The van der Waals surface area contributed by atoms with Crippen LogP contribution >= 0.6 is 0 Å². The number of nitrogens with two attached hydrogens (primary N) is 1. The maximum atomic E-state index is 12.0. The fraction of sp³-hybridized carbons (Fsp3) is 0.562. The van der Waals surface area contributed by atoms with Gasteiger partial charge in [-0.15, -0.1) is 0 Å². The van der Waals surface area contributed by atoms with E-state index < -0.39 is 0 Å². The normalized spacial score (nSPS) is 13.4. The van der Waals surface area contributed by atoms with E-state index in [0.717, 1.165) is 11.1 Å². The smallest absolute Gasteiger partial charge is 0.223 e. The summed E-state index contributed by atoms with van der Waals surface area (Å²) in [6.45, 7) is 4.21. The van der Waals surface area contributed by atoms with Crippen LogP contribution in [0.25, 0.3) is 0 Å². The van der Waals surface area contributed by atoms with Gasteiger partial charge in [0.25, 0.3) is 0 Å². The van der Waals surface area contributed by atoms with Crippen molar-refractivity contribution >= 4 is 5.91 Å². The van der Waals surface area contributed by atoms with Crippen LogP contribution in [-0.4, -0.2) is 39.9 Å². The third-order valence-electron chi connectivity index (χ3n) is 3.63. The zero-order valence-corrected chi connectivity index (χ0v) is 13.9. The second-order valence-corrected chi connectivity index (χ2v) is 5.15. The van der Waals surface area contributed by atoms with Gasteiger partial charge in [-0.05, 0) is 37.1 Å². The number of aryl methyl sites for hydroxylation is 1. The third kappa shape index (κ3) is 4.61. The van der Waals surface area contributed by atoms with E-state index >= 15 is 0 Å². The molecule has 6 nitrogen and oxygen atoms in total. The Labute approximate surface area is 131 Å². The van der Waals surface area contributed by atoms with Crippen LogP contribution in [0.15, 0.2) is 12.1 Å². The van der Waals surface area contributed by atoms with E-state index in [1.165, 1.54) is 0 Å². The summed E-state index contributed by atoms with van der Waals surface area (Å²) in [5, 5.41) is 2.95.